The number of carbonyl (C=O) groups is 1. The molecule has 0 radical (unpaired) electrons. The van der Waals surface area contributed by atoms with E-state index in [4.69, 9.17) is 5.73 Å². The lowest BCUT2D eigenvalue weighted by molar-refractivity contribution is 0.0623. The van der Waals surface area contributed by atoms with Crippen LogP contribution in [0, 0.1) is 18.8 Å². The van der Waals surface area contributed by atoms with Crippen molar-refractivity contribution < 1.29 is 4.79 Å². The summed E-state index contributed by atoms with van der Waals surface area (Å²) < 4.78 is 0. The highest BCUT2D eigenvalue weighted by atomic mass is 16.2. The number of likely N-dealkylation sites (tertiary alicyclic amines) is 1. The molecule has 0 aliphatic carbocycles. The Balaban J connectivity index is 2.17. The molecule has 1 aromatic rings. The number of nitrogens with two attached hydrogens (primary N) is 1. The molecule has 1 amide bonds. The molecule has 1 heterocycles. The van der Waals surface area contributed by atoms with E-state index >= 15 is 0 Å². The van der Waals surface area contributed by atoms with Gasteiger partial charge in [0.25, 0.3) is 5.91 Å². The van der Waals surface area contributed by atoms with Crippen molar-refractivity contribution in [2.75, 3.05) is 18.8 Å². The lowest BCUT2D eigenvalue weighted by Gasteiger charge is -2.35. The maximum atomic E-state index is 12.4. The number of rotatable bonds is 1. The van der Waals surface area contributed by atoms with Crippen LogP contribution in [0.15, 0.2) is 18.2 Å². The minimum Gasteiger partial charge on any atom is -0.398 e. The van der Waals surface area contributed by atoms with Gasteiger partial charge in [-0.05, 0) is 42.9 Å². The summed E-state index contributed by atoms with van der Waals surface area (Å²) in [5, 5.41) is 0. The van der Waals surface area contributed by atoms with Crippen LogP contribution in [0.25, 0.3) is 0 Å². The van der Waals surface area contributed by atoms with E-state index < -0.39 is 0 Å². The number of piperidine rings is 1. The summed E-state index contributed by atoms with van der Waals surface area (Å²) in [4.78, 5) is 14.4. The van der Waals surface area contributed by atoms with Crippen molar-refractivity contribution in [3.05, 3.63) is 29.3 Å². The van der Waals surface area contributed by atoms with E-state index in [1.807, 2.05) is 24.0 Å². The average molecular weight is 246 g/mol. The van der Waals surface area contributed by atoms with Crippen molar-refractivity contribution in [1.82, 2.24) is 4.90 Å². The molecule has 0 bridgehead atoms. The third-order valence-electron chi connectivity index (χ3n) is 3.68. The maximum Gasteiger partial charge on any atom is 0.253 e. The fraction of sp³-hybridized carbons (Fsp3) is 0.533. The van der Waals surface area contributed by atoms with E-state index in [0.29, 0.717) is 23.1 Å². The van der Waals surface area contributed by atoms with Gasteiger partial charge in [-0.3, -0.25) is 4.79 Å². The van der Waals surface area contributed by atoms with Gasteiger partial charge in [-0.1, -0.05) is 19.9 Å². The third kappa shape index (κ3) is 2.66. The Morgan fingerprint density at radius 1 is 1.28 bits per heavy atom. The summed E-state index contributed by atoms with van der Waals surface area (Å²) in [5.74, 6) is 1.28. The summed E-state index contributed by atoms with van der Waals surface area (Å²) in [5.41, 5.74) is 8.29. The van der Waals surface area contributed by atoms with Crippen molar-refractivity contribution in [2.45, 2.75) is 27.2 Å². The first kappa shape index (κ1) is 12.9. The van der Waals surface area contributed by atoms with Gasteiger partial charge < -0.3 is 10.6 Å². The molecular formula is C15H22N2O. The Labute approximate surface area is 109 Å². The molecule has 0 saturated carbocycles. The van der Waals surface area contributed by atoms with Crippen molar-refractivity contribution in [3.8, 4) is 0 Å². The van der Waals surface area contributed by atoms with Gasteiger partial charge in [-0.2, -0.15) is 0 Å². The molecule has 2 N–H and O–H groups in total. The van der Waals surface area contributed by atoms with Crippen LogP contribution in [0.5, 0.6) is 0 Å². The topological polar surface area (TPSA) is 46.3 Å². The molecule has 1 aliphatic rings. The molecule has 1 aromatic carbocycles. The smallest absolute Gasteiger partial charge is 0.253 e. The van der Waals surface area contributed by atoms with Crippen LogP contribution in [0.1, 0.15) is 36.2 Å². The maximum absolute atomic E-state index is 12.4. The zero-order valence-electron chi connectivity index (χ0n) is 11.4. The molecule has 98 valence electrons. The quantitative estimate of drug-likeness (QED) is 0.774. The van der Waals surface area contributed by atoms with Crippen LogP contribution in [-0.2, 0) is 0 Å². The number of hydrogen-bond acceptors (Lipinski definition) is 2. The zero-order valence-corrected chi connectivity index (χ0v) is 11.4. The van der Waals surface area contributed by atoms with E-state index in [1.54, 1.807) is 6.07 Å². The normalized spacial score (nSPS) is 24.1. The minimum absolute atomic E-state index is 0.111. The van der Waals surface area contributed by atoms with Gasteiger partial charge in [0, 0.05) is 24.3 Å². The van der Waals surface area contributed by atoms with Crippen LogP contribution < -0.4 is 5.73 Å². The Kier molecular flexibility index (Phi) is 3.60. The first-order valence-corrected chi connectivity index (χ1v) is 6.62. The molecular weight excluding hydrogens is 224 g/mol. The first-order chi connectivity index (χ1) is 8.47. The Hall–Kier alpha value is -1.51. The fourth-order valence-electron chi connectivity index (χ4n) is 2.78. The number of amides is 1. The number of hydrogen-bond donors (Lipinski definition) is 1. The molecule has 2 atom stereocenters. The second-order valence-electron chi connectivity index (χ2n) is 5.73. The van der Waals surface area contributed by atoms with Crippen LogP contribution in [0.4, 0.5) is 5.69 Å². The SMILES string of the molecule is Cc1ccc(C(=O)N2C[C@@H](C)C[C@H](C)C2)cc1N. The largest absolute Gasteiger partial charge is 0.398 e. The molecule has 0 unspecified atom stereocenters. The number of nitrogens with zero attached hydrogens (tertiary/aromatic N) is 1. The minimum atomic E-state index is 0.111. The Bertz CT molecular complexity index is 446. The second kappa shape index (κ2) is 5.01. The molecule has 18 heavy (non-hydrogen) atoms. The highest BCUT2D eigenvalue weighted by molar-refractivity contribution is 5.95. The van der Waals surface area contributed by atoms with E-state index in [0.717, 1.165) is 18.7 Å². The number of anilines is 1. The van der Waals surface area contributed by atoms with Crippen LogP contribution >= 0.6 is 0 Å². The molecule has 0 aromatic heterocycles. The predicted octanol–water partition coefficient (Wildman–Crippen LogP) is 2.70. The van der Waals surface area contributed by atoms with E-state index in [2.05, 4.69) is 13.8 Å². The Morgan fingerprint density at radius 3 is 2.44 bits per heavy atom. The van der Waals surface area contributed by atoms with Crippen molar-refractivity contribution in [1.29, 1.82) is 0 Å². The monoisotopic (exact) mass is 246 g/mol. The standard InChI is InChI=1S/C15H22N2O/c1-10-6-11(2)9-17(8-10)15(18)13-5-4-12(3)14(16)7-13/h4-5,7,10-11H,6,8-9,16H2,1-3H3/t10-,11-/m0/s1. The first-order valence-electron chi connectivity index (χ1n) is 6.62. The van der Waals surface area contributed by atoms with Gasteiger partial charge >= 0.3 is 0 Å². The summed E-state index contributed by atoms with van der Waals surface area (Å²) in [6, 6.07) is 5.58. The summed E-state index contributed by atoms with van der Waals surface area (Å²) in [6.07, 6.45) is 1.21. The fourth-order valence-corrected chi connectivity index (χ4v) is 2.78. The van der Waals surface area contributed by atoms with Crippen molar-refractivity contribution in [2.24, 2.45) is 11.8 Å². The van der Waals surface area contributed by atoms with Crippen LogP contribution in [0.3, 0.4) is 0 Å². The highest BCUT2D eigenvalue weighted by Crippen LogP contribution is 2.23. The van der Waals surface area contributed by atoms with Gasteiger partial charge in [0.05, 0.1) is 0 Å². The summed E-state index contributed by atoms with van der Waals surface area (Å²) >= 11 is 0. The van der Waals surface area contributed by atoms with Crippen LogP contribution in [0.2, 0.25) is 0 Å². The summed E-state index contributed by atoms with van der Waals surface area (Å²) in [7, 11) is 0. The van der Waals surface area contributed by atoms with Gasteiger partial charge in [0.2, 0.25) is 0 Å². The van der Waals surface area contributed by atoms with E-state index in [9.17, 15) is 4.79 Å². The lowest BCUT2D eigenvalue weighted by Crippen LogP contribution is -2.42. The number of nitrogen functional groups attached to an aromatic ring is 1. The van der Waals surface area contributed by atoms with Crippen LogP contribution in [-0.4, -0.2) is 23.9 Å². The molecule has 1 fully saturated rings. The number of aryl methyl sites for hydroxylation is 1. The number of carbonyl (C=O) groups excluding carboxylic acids is 1. The van der Waals surface area contributed by atoms with Gasteiger partial charge in [-0.15, -0.1) is 0 Å². The molecule has 2 rings (SSSR count). The Morgan fingerprint density at radius 2 is 1.89 bits per heavy atom. The average Bonchev–Trinajstić information content (AvgIpc) is 2.30. The second-order valence-corrected chi connectivity index (χ2v) is 5.73. The number of benzene rings is 1. The van der Waals surface area contributed by atoms with Crippen molar-refractivity contribution in [3.63, 3.8) is 0 Å². The third-order valence-corrected chi connectivity index (χ3v) is 3.68. The van der Waals surface area contributed by atoms with Gasteiger partial charge in [0.1, 0.15) is 0 Å². The van der Waals surface area contributed by atoms with E-state index in [-0.39, 0.29) is 5.91 Å². The molecule has 1 aliphatic heterocycles. The predicted molar refractivity (Wildman–Crippen MR) is 74.4 cm³/mol. The van der Waals surface area contributed by atoms with Gasteiger partial charge in [-0.25, -0.2) is 0 Å². The summed E-state index contributed by atoms with van der Waals surface area (Å²) in [6.45, 7) is 8.08. The van der Waals surface area contributed by atoms with Gasteiger partial charge in [0.15, 0.2) is 0 Å². The van der Waals surface area contributed by atoms with E-state index in [1.165, 1.54) is 6.42 Å². The molecule has 1 saturated heterocycles. The van der Waals surface area contributed by atoms with Crippen molar-refractivity contribution >= 4 is 11.6 Å². The molecule has 0 spiro atoms. The molecule has 3 heteroatoms. The molecule has 3 nitrogen and oxygen atoms in total. The lowest BCUT2D eigenvalue weighted by atomic mass is 9.91. The highest BCUT2D eigenvalue weighted by Gasteiger charge is 2.26. The zero-order chi connectivity index (χ0) is 13.3.